The molecule has 4 heteroatoms. The number of rotatable bonds is 1. The first kappa shape index (κ1) is 11.2. The number of carbonyl (C=O) groups is 1. The van der Waals surface area contributed by atoms with Crippen molar-refractivity contribution < 1.29 is 14.4 Å². The van der Waals surface area contributed by atoms with Gasteiger partial charge in [-0.1, -0.05) is 10.7 Å². The van der Waals surface area contributed by atoms with E-state index in [0.29, 0.717) is 18.1 Å². The second-order valence-electron chi connectivity index (χ2n) is 4.74. The van der Waals surface area contributed by atoms with Gasteiger partial charge in [0.25, 0.3) is 0 Å². The maximum atomic E-state index is 11.4. The molecular weight excluding hydrogens is 206 g/mol. The smallest absolute Gasteiger partial charge is 0.355 e. The Morgan fingerprint density at radius 1 is 1.69 bits per heavy atom. The lowest BCUT2D eigenvalue weighted by Gasteiger charge is -2.39. The van der Waals surface area contributed by atoms with Crippen LogP contribution in [-0.2, 0) is 14.4 Å². The summed E-state index contributed by atoms with van der Waals surface area (Å²) in [7, 11) is 1.36. The topological polar surface area (TPSA) is 47.9 Å². The predicted molar refractivity (Wildman–Crippen MR) is 60.0 cm³/mol. The lowest BCUT2D eigenvalue weighted by atomic mass is 9.75. The van der Waals surface area contributed by atoms with Crippen LogP contribution in [0.15, 0.2) is 16.8 Å². The Morgan fingerprint density at radius 2 is 2.44 bits per heavy atom. The van der Waals surface area contributed by atoms with E-state index in [2.05, 4.69) is 22.9 Å². The first-order valence-electron chi connectivity index (χ1n) is 5.57. The molecule has 0 aromatic rings. The quantitative estimate of drug-likeness (QED) is 0.505. The van der Waals surface area contributed by atoms with Crippen molar-refractivity contribution in [1.29, 1.82) is 0 Å². The summed E-state index contributed by atoms with van der Waals surface area (Å²) in [5, 5.41) is 3.89. The number of oxime groups is 1. The Bertz CT molecular complexity index is 372. The van der Waals surface area contributed by atoms with Crippen LogP contribution in [-0.4, -0.2) is 24.4 Å². The number of hydrogen-bond acceptors (Lipinski definition) is 4. The van der Waals surface area contributed by atoms with Crippen LogP contribution in [0.25, 0.3) is 0 Å². The number of esters is 1. The summed E-state index contributed by atoms with van der Waals surface area (Å²) < 4.78 is 4.66. The van der Waals surface area contributed by atoms with E-state index < -0.39 is 0 Å². The maximum absolute atomic E-state index is 11.4. The van der Waals surface area contributed by atoms with Crippen LogP contribution in [0.5, 0.6) is 0 Å². The van der Waals surface area contributed by atoms with E-state index in [1.54, 1.807) is 0 Å². The van der Waals surface area contributed by atoms with Crippen LogP contribution in [0, 0.1) is 5.92 Å². The molecule has 0 saturated heterocycles. The van der Waals surface area contributed by atoms with Crippen molar-refractivity contribution in [2.24, 2.45) is 11.1 Å². The van der Waals surface area contributed by atoms with E-state index in [1.807, 2.05) is 6.92 Å². The standard InChI is InChI=1S/C12H17NO3/c1-8-4-5-9-6-10(11(14)15-3)13-16-12(9,2)7-8/h7,9H,4-6H2,1-3H3/t9-,12-/m0/s1. The van der Waals surface area contributed by atoms with Crippen molar-refractivity contribution in [3.05, 3.63) is 11.6 Å². The molecule has 1 heterocycles. The van der Waals surface area contributed by atoms with Gasteiger partial charge < -0.3 is 9.57 Å². The van der Waals surface area contributed by atoms with Gasteiger partial charge in [0.05, 0.1) is 7.11 Å². The summed E-state index contributed by atoms with van der Waals surface area (Å²) in [6.07, 6.45) is 4.87. The zero-order valence-electron chi connectivity index (χ0n) is 9.95. The minimum Gasteiger partial charge on any atom is -0.464 e. The van der Waals surface area contributed by atoms with Gasteiger partial charge in [0.15, 0.2) is 11.3 Å². The highest BCUT2D eigenvalue weighted by molar-refractivity contribution is 6.36. The second kappa shape index (κ2) is 3.92. The normalized spacial score (nSPS) is 33.1. The third kappa shape index (κ3) is 1.84. The fourth-order valence-corrected chi connectivity index (χ4v) is 2.44. The Labute approximate surface area is 95.3 Å². The number of allylic oxidation sites excluding steroid dienone is 1. The van der Waals surface area contributed by atoms with Crippen LogP contribution in [0.3, 0.4) is 0 Å². The minimum atomic E-state index is -0.381. The molecule has 0 unspecified atom stereocenters. The molecule has 0 fully saturated rings. The molecule has 0 aromatic carbocycles. The molecule has 0 radical (unpaired) electrons. The average Bonchev–Trinajstić information content (AvgIpc) is 2.26. The van der Waals surface area contributed by atoms with E-state index in [-0.39, 0.29) is 11.6 Å². The number of nitrogens with zero attached hydrogens (tertiary/aromatic N) is 1. The second-order valence-corrected chi connectivity index (χ2v) is 4.74. The van der Waals surface area contributed by atoms with Crippen molar-refractivity contribution in [2.75, 3.05) is 7.11 Å². The number of carbonyl (C=O) groups excluding carboxylic acids is 1. The van der Waals surface area contributed by atoms with Crippen molar-refractivity contribution in [2.45, 2.75) is 38.7 Å². The van der Waals surface area contributed by atoms with E-state index in [0.717, 1.165) is 12.8 Å². The first-order valence-corrected chi connectivity index (χ1v) is 5.57. The maximum Gasteiger partial charge on any atom is 0.355 e. The van der Waals surface area contributed by atoms with Crippen molar-refractivity contribution >= 4 is 11.7 Å². The van der Waals surface area contributed by atoms with E-state index >= 15 is 0 Å². The third-order valence-corrected chi connectivity index (χ3v) is 3.44. The molecule has 2 rings (SSSR count). The van der Waals surface area contributed by atoms with Gasteiger partial charge in [0.1, 0.15) is 0 Å². The molecule has 0 saturated carbocycles. The number of hydrogen-bond donors (Lipinski definition) is 0. The van der Waals surface area contributed by atoms with Gasteiger partial charge >= 0.3 is 5.97 Å². The predicted octanol–water partition coefficient (Wildman–Crippen LogP) is 2.05. The molecule has 2 aliphatic rings. The molecule has 16 heavy (non-hydrogen) atoms. The van der Waals surface area contributed by atoms with Crippen LogP contribution in [0.2, 0.25) is 0 Å². The van der Waals surface area contributed by atoms with Crippen LogP contribution in [0.4, 0.5) is 0 Å². The lowest BCUT2D eigenvalue weighted by Crippen LogP contribution is -2.43. The van der Waals surface area contributed by atoms with Gasteiger partial charge in [-0.3, -0.25) is 0 Å². The fraction of sp³-hybridized carbons (Fsp3) is 0.667. The average molecular weight is 223 g/mol. The Kier molecular flexibility index (Phi) is 2.74. The van der Waals surface area contributed by atoms with E-state index in [9.17, 15) is 4.79 Å². The zero-order chi connectivity index (χ0) is 11.8. The number of methoxy groups -OCH3 is 1. The molecule has 0 aromatic heterocycles. The van der Waals surface area contributed by atoms with E-state index in [4.69, 9.17) is 4.84 Å². The highest BCUT2D eigenvalue weighted by Crippen LogP contribution is 2.39. The molecule has 0 N–H and O–H groups in total. The zero-order valence-corrected chi connectivity index (χ0v) is 9.95. The minimum absolute atomic E-state index is 0.322. The summed E-state index contributed by atoms with van der Waals surface area (Å²) in [5.41, 5.74) is 1.38. The van der Waals surface area contributed by atoms with Gasteiger partial charge in [-0.15, -0.1) is 0 Å². The van der Waals surface area contributed by atoms with Crippen LogP contribution in [0.1, 0.15) is 33.1 Å². The Balaban J connectivity index is 2.22. The van der Waals surface area contributed by atoms with Gasteiger partial charge in [-0.25, -0.2) is 4.79 Å². The molecule has 0 amide bonds. The summed E-state index contributed by atoms with van der Waals surface area (Å²) in [5.74, 6) is -0.0591. The summed E-state index contributed by atoms with van der Waals surface area (Å²) in [6.45, 7) is 4.13. The van der Waals surface area contributed by atoms with Crippen molar-refractivity contribution in [1.82, 2.24) is 0 Å². The molecule has 4 nitrogen and oxygen atoms in total. The molecule has 1 aliphatic carbocycles. The largest absolute Gasteiger partial charge is 0.464 e. The van der Waals surface area contributed by atoms with Crippen molar-refractivity contribution in [3.63, 3.8) is 0 Å². The van der Waals surface area contributed by atoms with E-state index in [1.165, 1.54) is 12.7 Å². The highest BCUT2D eigenvalue weighted by atomic mass is 16.7. The van der Waals surface area contributed by atoms with Crippen molar-refractivity contribution in [3.8, 4) is 0 Å². The Hall–Kier alpha value is -1.32. The lowest BCUT2D eigenvalue weighted by molar-refractivity contribution is -0.134. The molecular formula is C12H17NO3. The molecule has 1 aliphatic heterocycles. The first-order chi connectivity index (χ1) is 7.55. The number of ether oxygens (including phenoxy) is 1. The monoisotopic (exact) mass is 223 g/mol. The molecule has 88 valence electrons. The van der Waals surface area contributed by atoms with Gasteiger partial charge in [-0.2, -0.15) is 0 Å². The molecule has 0 spiro atoms. The van der Waals surface area contributed by atoms with Gasteiger partial charge in [0, 0.05) is 12.3 Å². The highest BCUT2D eigenvalue weighted by Gasteiger charge is 2.42. The fourth-order valence-electron chi connectivity index (χ4n) is 2.44. The number of fused-ring (bicyclic) bond motifs is 1. The SMILES string of the molecule is COC(=O)C1=NO[C@@]2(C)C=C(C)CC[C@H]2C1. The van der Waals surface area contributed by atoms with Crippen LogP contribution >= 0.6 is 0 Å². The third-order valence-electron chi connectivity index (χ3n) is 3.44. The summed E-state index contributed by atoms with van der Waals surface area (Å²) >= 11 is 0. The summed E-state index contributed by atoms with van der Waals surface area (Å²) in [6, 6.07) is 0. The van der Waals surface area contributed by atoms with Gasteiger partial charge in [0.2, 0.25) is 0 Å². The molecule has 2 atom stereocenters. The summed E-state index contributed by atoms with van der Waals surface area (Å²) in [4.78, 5) is 16.8. The Morgan fingerprint density at radius 3 is 3.12 bits per heavy atom. The van der Waals surface area contributed by atoms with Crippen LogP contribution < -0.4 is 0 Å². The molecule has 0 bridgehead atoms. The van der Waals surface area contributed by atoms with Gasteiger partial charge in [-0.05, 0) is 32.8 Å².